The SMILES string of the molecule is CC(C)C(C)NC(=O)C1CCN(CN2C(=O)NC(Cc3ccccc3)(Cc3ccccc3)C2=O)CC1. The average molecular weight is 491 g/mol. The largest absolute Gasteiger partial charge is 0.353 e. The van der Waals surface area contributed by atoms with Gasteiger partial charge >= 0.3 is 6.03 Å². The minimum atomic E-state index is -1.02. The topological polar surface area (TPSA) is 81.8 Å². The number of carbonyl (C=O) groups excluding carboxylic acids is 3. The lowest BCUT2D eigenvalue weighted by Gasteiger charge is -2.34. The van der Waals surface area contributed by atoms with Crippen LogP contribution < -0.4 is 10.6 Å². The molecule has 192 valence electrons. The van der Waals surface area contributed by atoms with E-state index in [1.165, 1.54) is 4.90 Å². The lowest BCUT2D eigenvalue weighted by Crippen LogP contribution is -2.52. The number of benzene rings is 2. The highest BCUT2D eigenvalue weighted by Crippen LogP contribution is 2.28. The molecule has 0 radical (unpaired) electrons. The quantitative estimate of drug-likeness (QED) is 0.527. The molecule has 2 aliphatic heterocycles. The van der Waals surface area contributed by atoms with Gasteiger partial charge in [0.25, 0.3) is 5.91 Å². The first-order chi connectivity index (χ1) is 17.3. The van der Waals surface area contributed by atoms with E-state index in [1.807, 2.05) is 67.6 Å². The van der Waals surface area contributed by atoms with Gasteiger partial charge < -0.3 is 10.6 Å². The number of imide groups is 1. The highest BCUT2D eigenvalue weighted by atomic mass is 16.2. The van der Waals surface area contributed by atoms with Crippen molar-refractivity contribution in [1.29, 1.82) is 0 Å². The Bertz CT molecular complexity index is 1010. The van der Waals surface area contributed by atoms with Gasteiger partial charge in [0.2, 0.25) is 5.91 Å². The van der Waals surface area contributed by atoms with Gasteiger partial charge in [0.05, 0.1) is 6.67 Å². The van der Waals surface area contributed by atoms with E-state index in [9.17, 15) is 14.4 Å². The van der Waals surface area contributed by atoms with E-state index >= 15 is 0 Å². The van der Waals surface area contributed by atoms with Crippen molar-refractivity contribution in [2.75, 3.05) is 19.8 Å². The van der Waals surface area contributed by atoms with E-state index in [-0.39, 0.29) is 36.5 Å². The van der Waals surface area contributed by atoms with Crippen LogP contribution in [0.1, 0.15) is 44.7 Å². The average Bonchev–Trinajstić information content (AvgIpc) is 3.09. The molecule has 2 heterocycles. The highest BCUT2D eigenvalue weighted by Gasteiger charge is 2.51. The Morgan fingerprint density at radius 2 is 1.47 bits per heavy atom. The zero-order valence-electron chi connectivity index (χ0n) is 21.6. The van der Waals surface area contributed by atoms with Crippen LogP contribution in [-0.2, 0) is 22.4 Å². The van der Waals surface area contributed by atoms with Crippen molar-refractivity contribution in [2.24, 2.45) is 11.8 Å². The molecule has 2 fully saturated rings. The molecule has 2 aromatic carbocycles. The van der Waals surface area contributed by atoms with Crippen molar-refractivity contribution < 1.29 is 14.4 Å². The van der Waals surface area contributed by atoms with Gasteiger partial charge in [-0.05, 0) is 36.8 Å². The molecule has 2 N–H and O–H groups in total. The Morgan fingerprint density at radius 3 is 1.97 bits per heavy atom. The molecule has 2 aromatic rings. The van der Waals surface area contributed by atoms with Crippen LogP contribution in [-0.4, -0.2) is 59.0 Å². The summed E-state index contributed by atoms with van der Waals surface area (Å²) in [7, 11) is 0. The van der Waals surface area contributed by atoms with E-state index in [4.69, 9.17) is 0 Å². The summed E-state index contributed by atoms with van der Waals surface area (Å²) in [6, 6.07) is 19.5. The minimum Gasteiger partial charge on any atom is -0.353 e. The zero-order chi connectivity index (χ0) is 25.7. The molecule has 0 spiro atoms. The number of rotatable bonds is 9. The first-order valence-corrected chi connectivity index (χ1v) is 13.0. The number of carbonyl (C=O) groups is 3. The third kappa shape index (κ3) is 5.95. The van der Waals surface area contributed by atoms with Crippen LogP contribution in [0, 0.1) is 11.8 Å². The lowest BCUT2D eigenvalue weighted by atomic mass is 9.84. The fourth-order valence-corrected chi connectivity index (χ4v) is 5.04. The first kappa shape index (κ1) is 25.9. The first-order valence-electron chi connectivity index (χ1n) is 13.0. The molecule has 0 bridgehead atoms. The van der Waals surface area contributed by atoms with Gasteiger partial charge in [-0.25, -0.2) is 9.69 Å². The van der Waals surface area contributed by atoms with Crippen LogP contribution in [0.4, 0.5) is 4.79 Å². The molecular formula is C29H38N4O3. The summed E-state index contributed by atoms with van der Waals surface area (Å²) in [5.41, 5.74) is 0.989. The van der Waals surface area contributed by atoms with Crippen molar-refractivity contribution in [2.45, 2.75) is 58.0 Å². The number of urea groups is 1. The predicted octanol–water partition coefficient (Wildman–Crippen LogP) is 3.59. The number of piperidine rings is 1. The summed E-state index contributed by atoms with van der Waals surface area (Å²) >= 11 is 0. The zero-order valence-corrected chi connectivity index (χ0v) is 21.6. The Kier molecular flexibility index (Phi) is 8.09. The van der Waals surface area contributed by atoms with Crippen LogP contribution in [0.3, 0.4) is 0 Å². The molecule has 2 aliphatic rings. The van der Waals surface area contributed by atoms with Crippen molar-refractivity contribution >= 4 is 17.8 Å². The van der Waals surface area contributed by atoms with Gasteiger partial charge in [-0.2, -0.15) is 0 Å². The highest BCUT2D eigenvalue weighted by molar-refractivity contribution is 6.07. The van der Waals surface area contributed by atoms with Crippen LogP contribution in [0.25, 0.3) is 0 Å². The van der Waals surface area contributed by atoms with E-state index < -0.39 is 5.54 Å². The molecule has 36 heavy (non-hydrogen) atoms. The summed E-state index contributed by atoms with van der Waals surface area (Å²) in [6.45, 7) is 7.83. The van der Waals surface area contributed by atoms with Crippen LogP contribution in [0.2, 0.25) is 0 Å². The molecule has 0 saturated carbocycles. The summed E-state index contributed by atoms with van der Waals surface area (Å²) in [6.07, 6.45) is 2.30. The third-order valence-electron chi connectivity index (χ3n) is 7.61. The maximum Gasteiger partial charge on any atom is 0.326 e. The maximum atomic E-state index is 13.8. The van der Waals surface area contributed by atoms with Gasteiger partial charge in [-0.15, -0.1) is 0 Å². The van der Waals surface area contributed by atoms with Crippen molar-refractivity contribution in [1.82, 2.24) is 20.4 Å². The Hall–Kier alpha value is -3.19. The van der Waals surface area contributed by atoms with E-state index in [0.717, 1.165) is 24.0 Å². The van der Waals surface area contributed by atoms with Crippen molar-refractivity contribution in [3.8, 4) is 0 Å². The lowest BCUT2D eigenvalue weighted by molar-refractivity contribution is -0.134. The summed E-state index contributed by atoms with van der Waals surface area (Å²) in [5.74, 6) is 0.281. The van der Waals surface area contributed by atoms with E-state index in [0.29, 0.717) is 31.8 Å². The van der Waals surface area contributed by atoms with Crippen LogP contribution >= 0.6 is 0 Å². The van der Waals surface area contributed by atoms with Gasteiger partial charge in [-0.3, -0.25) is 14.5 Å². The van der Waals surface area contributed by atoms with Gasteiger partial charge in [0.1, 0.15) is 5.54 Å². The fraction of sp³-hybridized carbons (Fsp3) is 0.483. The van der Waals surface area contributed by atoms with Gasteiger partial charge in [-0.1, -0.05) is 74.5 Å². The number of nitrogens with one attached hydrogen (secondary N) is 2. The summed E-state index contributed by atoms with van der Waals surface area (Å²) in [5, 5.41) is 6.18. The number of likely N-dealkylation sites (tertiary alicyclic amines) is 1. The minimum absolute atomic E-state index is 0.0270. The molecule has 0 aliphatic carbocycles. The number of amides is 4. The normalized spacial score (nSPS) is 19.4. The standard InChI is InChI=1S/C29H38N4O3/c1-21(2)22(3)30-26(34)25-14-16-32(17-15-25)20-33-27(35)29(31-28(33)36,18-23-10-6-4-7-11-23)19-24-12-8-5-9-13-24/h4-13,21-22,25H,14-20H2,1-3H3,(H,30,34)(H,31,36). The van der Waals surface area contributed by atoms with E-state index in [1.54, 1.807) is 0 Å². The van der Waals surface area contributed by atoms with Crippen LogP contribution in [0.15, 0.2) is 60.7 Å². The Labute approximate surface area is 214 Å². The summed E-state index contributed by atoms with van der Waals surface area (Å²) in [4.78, 5) is 43.0. The fourth-order valence-electron chi connectivity index (χ4n) is 5.04. The Balaban J connectivity index is 1.43. The molecule has 1 atom stereocenters. The summed E-state index contributed by atoms with van der Waals surface area (Å²) < 4.78 is 0. The van der Waals surface area contributed by atoms with Crippen LogP contribution in [0.5, 0.6) is 0 Å². The second-order valence-corrected chi connectivity index (χ2v) is 10.6. The number of nitrogens with zero attached hydrogens (tertiary/aromatic N) is 2. The monoisotopic (exact) mass is 490 g/mol. The molecular weight excluding hydrogens is 452 g/mol. The molecule has 0 aromatic heterocycles. The molecule has 2 saturated heterocycles. The second kappa shape index (κ2) is 11.2. The predicted molar refractivity (Wildman–Crippen MR) is 140 cm³/mol. The van der Waals surface area contributed by atoms with E-state index in [2.05, 4.69) is 29.4 Å². The van der Waals surface area contributed by atoms with Crippen molar-refractivity contribution in [3.05, 3.63) is 71.8 Å². The molecule has 1 unspecified atom stereocenters. The second-order valence-electron chi connectivity index (χ2n) is 10.6. The molecule has 7 nitrogen and oxygen atoms in total. The third-order valence-corrected chi connectivity index (χ3v) is 7.61. The van der Waals surface area contributed by atoms with Gasteiger partial charge in [0, 0.05) is 37.9 Å². The maximum absolute atomic E-state index is 13.8. The number of hydrogen-bond donors (Lipinski definition) is 2. The molecule has 4 amide bonds. The molecule has 4 rings (SSSR count). The van der Waals surface area contributed by atoms with Gasteiger partial charge in [0.15, 0.2) is 0 Å². The number of hydrogen-bond acceptors (Lipinski definition) is 4. The Morgan fingerprint density at radius 1 is 0.944 bits per heavy atom. The molecule has 7 heteroatoms. The van der Waals surface area contributed by atoms with Crippen molar-refractivity contribution in [3.63, 3.8) is 0 Å². The smallest absolute Gasteiger partial charge is 0.326 e.